The first kappa shape index (κ1) is 13.7. The lowest BCUT2D eigenvalue weighted by atomic mass is 9.97. The SMILES string of the molecule is COc1cccc(N)c1C(=O)NC1CCC(C)C1C. The summed E-state index contributed by atoms with van der Waals surface area (Å²) in [5, 5.41) is 3.09. The Balaban J connectivity index is 2.17. The maximum absolute atomic E-state index is 12.4. The molecule has 1 aromatic carbocycles. The number of ether oxygens (including phenoxy) is 1. The van der Waals surface area contributed by atoms with E-state index in [0.29, 0.717) is 28.8 Å². The van der Waals surface area contributed by atoms with Crippen LogP contribution in [-0.2, 0) is 0 Å². The molecule has 1 amide bonds. The number of nitrogen functional groups attached to an aromatic ring is 1. The Morgan fingerprint density at radius 1 is 1.37 bits per heavy atom. The number of carbonyl (C=O) groups is 1. The molecule has 0 radical (unpaired) electrons. The third-order valence-electron chi connectivity index (χ3n) is 4.29. The molecule has 2 rings (SSSR count). The number of benzene rings is 1. The summed E-state index contributed by atoms with van der Waals surface area (Å²) in [5.74, 6) is 1.54. The Morgan fingerprint density at radius 2 is 2.11 bits per heavy atom. The lowest BCUT2D eigenvalue weighted by Crippen LogP contribution is -2.37. The predicted molar refractivity (Wildman–Crippen MR) is 76.2 cm³/mol. The summed E-state index contributed by atoms with van der Waals surface area (Å²) in [4.78, 5) is 12.4. The van der Waals surface area contributed by atoms with Crippen molar-refractivity contribution in [3.8, 4) is 5.75 Å². The summed E-state index contributed by atoms with van der Waals surface area (Å²) in [6.07, 6.45) is 2.19. The smallest absolute Gasteiger partial charge is 0.257 e. The number of nitrogens with one attached hydrogen (secondary N) is 1. The van der Waals surface area contributed by atoms with Gasteiger partial charge >= 0.3 is 0 Å². The molecule has 3 unspecified atom stereocenters. The number of hydrogen-bond donors (Lipinski definition) is 2. The molecule has 1 aliphatic carbocycles. The summed E-state index contributed by atoms with van der Waals surface area (Å²) in [7, 11) is 1.55. The number of amides is 1. The van der Waals surface area contributed by atoms with Crippen LogP contribution in [0, 0.1) is 11.8 Å². The van der Waals surface area contributed by atoms with Gasteiger partial charge in [0.1, 0.15) is 11.3 Å². The van der Waals surface area contributed by atoms with E-state index in [-0.39, 0.29) is 11.9 Å². The minimum atomic E-state index is -0.138. The minimum absolute atomic E-state index is 0.138. The Kier molecular flexibility index (Phi) is 3.98. The van der Waals surface area contributed by atoms with E-state index in [1.165, 1.54) is 0 Å². The van der Waals surface area contributed by atoms with Crippen molar-refractivity contribution in [1.29, 1.82) is 0 Å². The first-order valence-corrected chi connectivity index (χ1v) is 6.78. The van der Waals surface area contributed by atoms with Gasteiger partial charge in [0.2, 0.25) is 0 Å². The van der Waals surface area contributed by atoms with Gasteiger partial charge < -0.3 is 15.8 Å². The van der Waals surface area contributed by atoms with Gasteiger partial charge in [-0.15, -0.1) is 0 Å². The Morgan fingerprint density at radius 3 is 2.68 bits per heavy atom. The number of anilines is 1. The average molecular weight is 262 g/mol. The van der Waals surface area contributed by atoms with Crippen molar-refractivity contribution in [2.75, 3.05) is 12.8 Å². The van der Waals surface area contributed by atoms with E-state index in [1.54, 1.807) is 25.3 Å². The van der Waals surface area contributed by atoms with Crippen LogP contribution in [0.2, 0.25) is 0 Å². The average Bonchev–Trinajstić information content (AvgIpc) is 2.70. The molecule has 3 N–H and O–H groups in total. The molecule has 4 nitrogen and oxygen atoms in total. The van der Waals surface area contributed by atoms with Crippen LogP contribution < -0.4 is 15.8 Å². The van der Waals surface area contributed by atoms with Crippen LogP contribution in [0.15, 0.2) is 18.2 Å². The third kappa shape index (κ3) is 2.67. The van der Waals surface area contributed by atoms with Crippen molar-refractivity contribution in [3.63, 3.8) is 0 Å². The van der Waals surface area contributed by atoms with Gasteiger partial charge in [0.25, 0.3) is 5.91 Å². The maximum Gasteiger partial charge on any atom is 0.257 e. The molecular weight excluding hydrogens is 240 g/mol. The fourth-order valence-electron chi connectivity index (χ4n) is 2.77. The topological polar surface area (TPSA) is 64.3 Å². The zero-order valence-corrected chi connectivity index (χ0v) is 11.8. The van der Waals surface area contributed by atoms with Crippen LogP contribution in [0.5, 0.6) is 5.75 Å². The summed E-state index contributed by atoms with van der Waals surface area (Å²) in [5.41, 5.74) is 6.79. The number of methoxy groups -OCH3 is 1. The number of hydrogen-bond acceptors (Lipinski definition) is 3. The molecule has 3 atom stereocenters. The molecule has 4 heteroatoms. The van der Waals surface area contributed by atoms with Crippen molar-refractivity contribution in [3.05, 3.63) is 23.8 Å². The van der Waals surface area contributed by atoms with E-state index >= 15 is 0 Å². The van der Waals surface area contributed by atoms with Gasteiger partial charge in [-0.05, 0) is 36.8 Å². The molecule has 0 aliphatic heterocycles. The van der Waals surface area contributed by atoms with E-state index in [1.807, 2.05) is 0 Å². The molecule has 0 aromatic heterocycles. The van der Waals surface area contributed by atoms with Gasteiger partial charge in [-0.2, -0.15) is 0 Å². The van der Waals surface area contributed by atoms with Gasteiger partial charge in [-0.3, -0.25) is 4.79 Å². The van der Waals surface area contributed by atoms with E-state index in [0.717, 1.165) is 12.8 Å². The van der Waals surface area contributed by atoms with E-state index in [9.17, 15) is 4.79 Å². The minimum Gasteiger partial charge on any atom is -0.496 e. The second kappa shape index (κ2) is 5.51. The molecule has 0 spiro atoms. The molecule has 104 valence electrons. The molecule has 1 aliphatic rings. The first-order chi connectivity index (χ1) is 9.04. The largest absolute Gasteiger partial charge is 0.496 e. The normalized spacial score (nSPS) is 26.2. The quantitative estimate of drug-likeness (QED) is 0.822. The molecule has 1 fully saturated rings. The van der Waals surface area contributed by atoms with E-state index < -0.39 is 0 Å². The highest BCUT2D eigenvalue weighted by Gasteiger charge is 2.31. The second-order valence-corrected chi connectivity index (χ2v) is 5.42. The van der Waals surface area contributed by atoms with Crippen LogP contribution in [0.25, 0.3) is 0 Å². The number of carbonyl (C=O) groups excluding carboxylic acids is 1. The van der Waals surface area contributed by atoms with E-state index in [2.05, 4.69) is 19.2 Å². The van der Waals surface area contributed by atoms with Crippen LogP contribution in [-0.4, -0.2) is 19.1 Å². The highest BCUT2D eigenvalue weighted by atomic mass is 16.5. The Hall–Kier alpha value is -1.71. The van der Waals surface area contributed by atoms with Crippen LogP contribution in [0.4, 0.5) is 5.69 Å². The van der Waals surface area contributed by atoms with Gasteiger partial charge in [0.05, 0.1) is 7.11 Å². The van der Waals surface area contributed by atoms with Crippen LogP contribution >= 0.6 is 0 Å². The van der Waals surface area contributed by atoms with Gasteiger partial charge in [-0.1, -0.05) is 19.9 Å². The van der Waals surface area contributed by atoms with Crippen molar-refractivity contribution >= 4 is 11.6 Å². The van der Waals surface area contributed by atoms with Crippen molar-refractivity contribution < 1.29 is 9.53 Å². The molecule has 1 saturated carbocycles. The fourth-order valence-corrected chi connectivity index (χ4v) is 2.77. The second-order valence-electron chi connectivity index (χ2n) is 5.42. The van der Waals surface area contributed by atoms with Gasteiger partial charge in [0.15, 0.2) is 0 Å². The highest BCUT2D eigenvalue weighted by molar-refractivity contribution is 6.02. The summed E-state index contributed by atoms with van der Waals surface area (Å²) >= 11 is 0. The zero-order valence-electron chi connectivity index (χ0n) is 11.8. The molecular formula is C15H22N2O2. The van der Waals surface area contributed by atoms with Gasteiger partial charge in [0, 0.05) is 11.7 Å². The summed E-state index contributed by atoms with van der Waals surface area (Å²) in [6, 6.07) is 5.49. The predicted octanol–water partition coefficient (Wildman–Crippen LogP) is 2.44. The van der Waals surface area contributed by atoms with Crippen molar-refractivity contribution in [2.45, 2.75) is 32.7 Å². The van der Waals surface area contributed by atoms with E-state index in [4.69, 9.17) is 10.5 Å². The number of rotatable bonds is 3. The van der Waals surface area contributed by atoms with Gasteiger partial charge in [-0.25, -0.2) is 0 Å². The van der Waals surface area contributed by atoms with Crippen molar-refractivity contribution in [1.82, 2.24) is 5.32 Å². The molecule has 1 aromatic rings. The maximum atomic E-state index is 12.4. The highest BCUT2D eigenvalue weighted by Crippen LogP contribution is 2.32. The number of nitrogens with two attached hydrogens (primary N) is 1. The van der Waals surface area contributed by atoms with Crippen LogP contribution in [0.3, 0.4) is 0 Å². The Labute approximate surface area is 114 Å². The first-order valence-electron chi connectivity index (χ1n) is 6.78. The third-order valence-corrected chi connectivity index (χ3v) is 4.29. The lowest BCUT2D eigenvalue weighted by Gasteiger charge is -2.20. The summed E-state index contributed by atoms with van der Waals surface area (Å²) in [6.45, 7) is 4.42. The summed E-state index contributed by atoms with van der Waals surface area (Å²) < 4.78 is 5.22. The fraction of sp³-hybridized carbons (Fsp3) is 0.533. The lowest BCUT2D eigenvalue weighted by molar-refractivity contribution is 0.0925. The molecule has 19 heavy (non-hydrogen) atoms. The van der Waals surface area contributed by atoms with Crippen molar-refractivity contribution in [2.24, 2.45) is 11.8 Å². The monoisotopic (exact) mass is 262 g/mol. The Bertz CT molecular complexity index is 473. The molecule has 0 heterocycles. The standard InChI is InChI=1S/C15H22N2O2/c1-9-7-8-12(10(9)2)17-15(18)14-11(16)5-4-6-13(14)19-3/h4-6,9-10,12H,7-8,16H2,1-3H3,(H,17,18). The molecule has 0 bridgehead atoms. The van der Waals surface area contributed by atoms with Crippen LogP contribution in [0.1, 0.15) is 37.0 Å². The molecule has 0 saturated heterocycles. The zero-order chi connectivity index (χ0) is 14.0.